The molecule has 2 rings (SSSR count). The van der Waals surface area contributed by atoms with Gasteiger partial charge < -0.3 is 4.74 Å². The van der Waals surface area contributed by atoms with Crippen LogP contribution in [0.1, 0.15) is 5.56 Å². The van der Waals surface area contributed by atoms with Crippen molar-refractivity contribution in [2.75, 3.05) is 18.1 Å². The molecule has 0 atom stereocenters. The minimum absolute atomic E-state index is 0.234. The Labute approximate surface area is 129 Å². The van der Waals surface area contributed by atoms with Crippen LogP contribution in [0.4, 0.5) is 5.69 Å². The Bertz CT molecular complexity index is 742. The van der Waals surface area contributed by atoms with Gasteiger partial charge in [0.15, 0.2) is 0 Å². The number of aryl methyl sites for hydroxylation is 1. The zero-order valence-corrected chi connectivity index (χ0v) is 13.7. The molecule has 6 heteroatoms. The Morgan fingerprint density at radius 1 is 1.14 bits per heavy atom. The summed E-state index contributed by atoms with van der Waals surface area (Å²) in [7, 11) is -2.13. The highest BCUT2D eigenvalue weighted by Crippen LogP contribution is 2.28. The standard InChI is InChI=1S/C15H17NO3S2/c1-11-7-8-15(19-2)14(9-11)16-21(17,18)13-6-4-5-12(10-13)20-3/h4-10,16H,1-3H3. The van der Waals surface area contributed by atoms with Crippen LogP contribution in [0.2, 0.25) is 0 Å². The average Bonchev–Trinajstić information content (AvgIpc) is 2.47. The number of nitrogens with one attached hydrogen (secondary N) is 1. The van der Waals surface area contributed by atoms with Crippen molar-refractivity contribution in [2.24, 2.45) is 0 Å². The molecule has 0 aliphatic heterocycles. The van der Waals surface area contributed by atoms with E-state index in [-0.39, 0.29) is 4.90 Å². The lowest BCUT2D eigenvalue weighted by Gasteiger charge is -2.13. The summed E-state index contributed by atoms with van der Waals surface area (Å²) >= 11 is 1.50. The number of hydrogen-bond acceptors (Lipinski definition) is 4. The molecular weight excluding hydrogens is 306 g/mol. The number of benzene rings is 2. The second-order valence-electron chi connectivity index (χ2n) is 4.49. The van der Waals surface area contributed by atoms with E-state index < -0.39 is 10.0 Å². The number of anilines is 1. The summed E-state index contributed by atoms with van der Waals surface area (Å²) in [5, 5.41) is 0. The van der Waals surface area contributed by atoms with Crippen molar-refractivity contribution >= 4 is 27.5 Å². The Balaban J connectivity index is 2.39. The first-order valence-corrected chi connectivity index (χ1v) is 8.98. The van der Waals surface area contributed by atoms with E-state index in [0.717, 1.165) is 10.5 Å². The SMILES string of the molecule is COc1ccc(C)cc1NS(=O)(=O)c1cccc(SC)c1. The fraction of sp³-hybridized carbons (Fsp3) is 0.200. The zero-order chi connectivity index (χ0) is 15.5. The molecule has 21 heavy (non-hydrogen) atoms. The lowest BCUT2D eigenvalue weighted by Crippen LogP contribution is -2.13. The van der Waals surface area contributed by atoms with E-state index in [1.54, 1.807) is 30.3 Å². The molecule has 0 bridgehead atoms. The topological polar surface area (TPSA) is 55.4 Å². The molecule has 1 N–H and O–H groups in total. The molecule has 0 aromatic heterocycles. The van der Waals surface area contributed by atoms with Crippen molar-refractivity contribution in [3.63, 3.8) is 0 Å². The number of sulfonamides is 1. The van der Waals surface area contributed by atoms with Crippen LogP contribution in [-0.2, 0) is 10.0 Å². The Hall–Kier alpha value is -1.66. The van der Waals surface area contributed by atoms with Gasteiger partial charge in [-0.25, -0.2) is 8.42 Å². The molecule has 0 aliphatic carbocycles. The van der Waals surface area contributed by atoms with Crippen molar-refractivity contribution in [2.45, 2.75) is 16.7 Å². The van der Waals surface area contributed by atoms with Gasteiger partial charge in [0.05, 0.1) is 17.7 Å². The lowest BCUT2D eigenvalue weighted by molar-refractivity contribution is 0.417. The molecule has 0 fully saturated rings. The second kappa shape index (κ2) is 6.41. The third-order valence-electron chi connectivity index (χ3n) is 2.95. The average molecular weight is 323 g/mol. The first kappa shape index (κ1) is 15.7. The Morgan fingerprint density at radius 2 is 1.90 bits per heavy atom. The molecule has 0 spiro atoms. The molecule has 2 aromatic carbocycles. The van der Waals surface area contributed by atoms with Crippen molar-refractivity contribution in [3.05, 3.63) is 48.0 Å². The molecule has 0 saturated heterocycles. The summed E-state index contributed by atoms with van der Waals surface area (Å²) in [6, 6.07) is 12.2. The maximum Gasteiger partial charge on any atom is 0.262 e. The van der Waals surface area contributed by atoms with Crippen LogP contribution < -0.4 is 9.46 Å². The molecule has 0 radical (unpaired) electrons. The van der Waals surface area contributed by atoms with Crippen LogP contribution >= 0.6 is 11.8 Å². The van der Waals surface area contributed by atoms with E-state index in [1.165, 1.54) is 18.9 Å². The van der Waals surface area contributed by atoms with Gasteiger partial charge in [-0.05, 0) is 49.1 Å². The normalized spacial score (nSPS) is 11.2. The van der Waals surface area contributed by atoms with E-state index in [0.29, 0.717) is 11.4 Å². The van der Waals surface area contributed by atoms with Gasteiger partial charge >= 0.3 is 0 Å². The minimum atomic E-state index is -3.64. The van der Waals surface area contributed by atoms with Crippen LogP contribution in [0, 0.1) is 6.92 Å². The molecular formula is C15H17NO3S2. The maximum absolute atomic E-state index is 12.5. The van der Waals surface area contributed by atoms with Gasteiger partial charge in [0.1, 0.15) is 5.75 Å². The van der Waals surface area contributed by atoms with Crippen molar-refractivity contribution < 1.29 is 13.2 Å². The van der Waals surface area contributed by atoms with Gasteiger partial charge in [0, 0.05) is 4.90 Å². The first-order chi connectivity index (χ1) is 9.96. The van der Waals surface area contributed by atoms with Crippen molar-refractivity contribution in [1.82, 2.24) is 0 Å². The van der Waals surface area contributed by atoms with Gasteiger partial charge in [-0.1, -0.05) is 12.1 Å². The van der Waals surface area contributed by atoms with Gasteiger partial charge in [0.25, 0.3) is 10.0 Å². The van der Waals surface area contributed by atoms with Gasteiger partial charge in [0.2, 0.25) is 0 Å². The number of rotatable bonds is 5. The van der Waals surface area contributed by atoms with Crippen LogP contribution in [-0.4, -0.2) is 21.8 Å². The lowest BCUT2D eigenvalue weighted by atomic mass is 10.2. The molecule has 2 aromatic rings. The van der Waals surface area contributed by atoms with E-state index in [9.17, 15) is 8.42 Å². The molecule has 0 amide bonds. The number of hydrogen-bond donors (Lipinski definition) is 1. The maximum atomic E-state index is 12.5. The van der Waals surface area contributed by atoms with Gasteiger partial charge in [-0.2, -0.15) is 0 Å². The number of ether oxygens (including phenoxy) is 1. The first-order valence-electron chi connectivity index (χ1n) is 6.28. The summed E-state index contributed by atoms with van der Waals surface area (Å²) < 4.78 is 32.7. The minimum Gasteiger partial charge on any atom is -0.495 e. The molecule has 4 nitrogen and oxygen atoms in total. The van der Waals surface area contributed by atoms with E-state index in [1.807, 2.05) is 25.3 Å². The van der Waals surface area contributed by atoms with Crippen LogP contribution in [0.5, 0.6) is 5.75 Å². The summed E-state index contributed by atoms with van der Waals surface area (Å²) in [5.41, 5.74) is 1.39. The van der Waals surface area contributed by atoms with Crippen LogP contribution in [0.3, 0.4) is 0 Å². The van der Waals surface area contributed by atoms with E-state index in [2.05, 4.69) is 4.72 Å². The van der Waals surface area contributed by atoms with Gasteiger partial charge in [-0.15, -0.1) is 11.8 Å². The predicted molar refractivity (Wildman–Crippen MR) is 86.8 cm³/mol. The van der Waals surface area contributed by atoms with Crippen LogP contribution in [0.25, 0.3) is 0 Å². The fourth-order valence-electron chi connectivity index (χ4n) is 1.87. The largest absolute Gasteiger partial charge is 0.495 e. The zero-order valence-electron chi connectivity index (χ0n) is 12.1. The summed E-state index contributed by atoms with van der Waals surface area (Å²) in [4.78, 5) is 1.13. The predicted octanol–water partition coefficient (Wildman–Crippen LogP) is 3.53. The van der Waals surface area contributed by atoms with Crippen LogP contribution in [0.15, 0.2) is 52.3 Å². The highest BCUT2D eigenvalue weighted by molar-refractivity contribution is 7.98. The molecule has 112 valence electrons. The molecule has 0 unspecified atom stereocenters. The smallest absolute Gasteiger partial charge is 0.262 e. The number of thioether (sulfide) groups is 1. The molecule has 0 saturated carbocycles. The van der Waals surface area contributed by atoms with Gasteiger partial charge in [-0.3, -0.25) is 4.72 Å². The van der Waals surface area contributed by atoms with E-state index in [4.69, 9.17) is 4.74 Å². The third kappa shape index (κ3) is 3.71. The Morgan fingerprint density at radius 3 is 2.57 bits per heavy atom. The molecule has 0 heterocycles. The highest BCUT2D eigenvalue weighted by atomic mass is 32.2. The summed E-state index contributed by atoms with van der Waals surface area (Å²) in [5.74, 6) is 0.491. The fourth-order valence-corrected chi connectivity index (χ4v) is 3.51. The summed E-state index contributed by atoms with van der Waals surface area (Å²) in [6.45, 7) is 1.89. The molecule has 0 aliphatic rings. The third-order valence-corrected chi connectivity index (χ3v) is 5.04. The monoisotopic (exact) mass is 323 g/mol. The second-order valence-corrected chi connectivity index (χ2v) is 7.05. The summed E-state index contributed by atoms with van der Waals surface area (Å²) in [6.07, 6.45) is 1.91. The quantitative estimate of drug-likeness (QED) is 0.855. The van der Waals surface area contributed by atoms with E-state index >= 15 is 0 Å². The number of methoxy groups -OCH3 is 1. The van der Waals surface area contributed by atoms with Crippen molar-refractivity contribution in [3.8, 4) is 5.75 Å². The highest BCUT2D eigenvalue weighted by Gasteiger charge is 2.17. The Kier molecular flexibility index (Phi) is 4.80. The van der Waals surface area contributed by atoms with Crippen molar-refractivity contribution in [1.29, 1.82) is 0 Å².